The number of nitrogens with zero attached hydrogens (tertiary/aromatic N) is 4. The van der Waals surface area contributed by atoms with Gasteiger partial charge >= 0.3 is 0 Å². The number of nitro benzene ring substituents is 1. The van der Waals surface area contributed by atoms with E-state index in [2.05, 4.69) is 10.3 Å². The molecule has 0 aliphatic rings. The molecular formula is C19H21N5O4S. The normalized spacial score (nSPS) is 11.2. The van der Waals surface area contributed by atoms with Crippen LogP contribution in [-0.2, 0) is 17.9 Å². The summed E-state index contributed by atoms with van der Waals surface area (Å²) in [4.78, 5) is 44.1. The Morgan fingerprint density at radius 1 is 1.28 bits per heavy atom. The summed E-state index contributed by atoms with van der Waals surface area (Å²) in [5, 5.41) is 14.0. The van der Waals surface area contributed by atoms with E-state index in [1.165, 1.54) is 40.2 Å². The van der Waals surface area contributed by atoms with Crippen LogP contribution < -0.4 is 10.9 Å². The average Bonchev–Trinajstić information content (AvgIpc) is 2.92. The van der Waals surface area contributed by atoms with Gasteiger partial charge in [-0.1, -0.05) is 0 Å². The number of nitro groups is 1. The quantitative estimate of drug-likeness (QED) is 0.490. The molecule has 2 heterocycles. The Morgan fingerprint density at radius 3 is 2.52 bits per heavy atom. The third-order valence-corrected chi connectivity index (χ3v) is 5.59. The van der Waals surface area contributed by atoms with Crippen LogP contribution in [0.15, 0.2) is 29.1 Å². The maximum atomic E-state index is 13.1. The van der Waals surface area contributed by atoms with Gasteiger partial charge in [-0.3, -0.25) is 24.3 Å². The van der Waals surface area contributed by atoms with Crippen molar-refractivity contribution >= 4 is 38.8 Å². The number of amides is 1. The van der Waals surface area contributed by atoms with Crippen LogP contribution in [0.25, 0.3) is 10.2 Å². The lowest BCUT2D eigenvalue weighted by Crippen LogP contribution is -2.32. The molecule has 3 aromatic rings. The van der Waals surface area contributed by atoms with Crippen molar-refractivity contribution in [2.24, 2.45) is 0 Å². The van der Waals surface area contributed by atoms with Crippen molar-refractivity contribution in [3.63, 3.8) is 0 Å². The second-order valence-electron chi connectivity index (χ2n) is 6.97. The summed E-state index contributed by atoms with van der Waals surface area (Å²) in [5.41, 5.74) is 0.987. The maximum Gasteiger partial charge on any atom is 0.269 e. The molecule has 10 heteroatoms. The number of hydrogen-bond acceptors (Lipinski definition) is 7. The summed E-state index contributed by atoms with van der Waals surface area (Å²) in [7, 11) is 3.73. The number of non-ortho nitro benzene ring substituents is 1. The molecule has 0 saturated carbocycles. The number of fused-ring (bicyclic) bond motifs is 1. The molecule has 0 radical (unpaired) electrons. The Morgan fingerprint density at radius 2 is 1.93 bits per heavy atom. The predicted molar refractivity (Wildman–Crippen MR) is 112 cm³/mol. The van der Waals surface area contributed by atoms with Gasteiger partial charge in [0.1, 0.15) is 17.2 Å². The first-order chi connectivity index (χ1) is 13.7. The van der Waals surface area contributed by atoms with Crippen molar-refractivity contribution in [3.05, 3.63) is 61.0 Å². The van der Waals surface area contributed by atoms with Gasteiger partial charge < -0.3 is 10.2 Å². The van der Waals surface area contributed by atoms with Gasteiger partial charge in [-0.25, -0.2) is 4.98 Å². The number of aromatic nitrogens is 2. The van der Waals surface area contributed by atoms with Crippen LogP contribution in [0.2, 0.25) is 0 Å². The van der Waals surface area contributed by atoms with Crippen molar-refractivity contribution in [2.45, 2.75) is 26.9 Å². The lowest BCUT2D eigenvalue weighted by Gasteiger charge is -2.16. The van der Waals surface area contributed by atoms with E-state index in [0.717, 1.165) is 10.4 Å². The van der Waals surface area contributed by atoms with Gasteiger partial charge in [-0.05, 0) is 45.6 Å². The largest absolute Gasteiger partial charge is 0.325 e. The molecule has 29 heavy (non-hydrogen) atoms. The van der Waals surface area contributed by atoms with E-state index in [4.69, 9.17) is 0 Å². The Balaban J connectivity index is 1.93. The molecular weight excluding hydrogens is 394 g/mol. The van der Waals surface area contributed by atoms with Crippen molar-refractivity contribution in [1.82, 2.24) is 14.5 Å². The molecule has 0 saturated heterocycles. The summed E-state index contributed by atoms with van der Waals surface area (Å²) in [5.74, 6) is 0.0966. The number of anilines is 1. The van der Waals surface area contributed by atoms with Crippen molar-refractivity contribution in [2.75, 3.05) is 19.4 Å². The topological polar surface area (TPSA) is 110 Å². The third-order valence-electron chi connectivity index (χ3n) is 4.49. The van der Waals surface area contributed by atoms with Gasteiger partial charge in [0.2, 0.25) is 5.91 Å². The van der Waals surface area contributed by atoms with Crippen LogP contribution in [0.4, 0.5) is 11.4 Å². The van der Waals surface area contributed by atoms with Crippen LogP contribution in [0.5, 0.6) is 0 Å². The molecule has 0 bridgehead atoms. The summed E-state index contributed by atoms with van der Waals surface area (Å²) in [6, 6.07) is 5.52. The van der Waals surface area contributed by atoms with E-state index in [9.17, 15) is 19.7 Å². The Kier molecular flexibility index (Phi) is 5.76. The number of hydrogen-bond donors (Lipinski definition) is 1. The van der Waals surface area contributed by atoms with Gasteiger partial charge in [-0.2, -0.15) is 0 Å². The minimum absolute atomic E-state index is 0.0644. The maximum absolute atomic E-state index is 13.1. The van der Waals surface area contributed by atoms with Crippen molar-refractivity contribution in [3.8, 4) is 0 Å². The zero-order valence-corrected chi connectivity index (χ0v) is 17.4. The Bertz CT molecular complexity index is 1150. The number of aryl methyl sites for hydroxylation is 2. The Labute approximate surface area is 170 Å². The van der Waals surface area contributed by atoms with E-state index in [1.807, 2.05) is 32.8 Å². The van der Waals surface area contributed by atoms with E-state index >= 15 is 0 Å². The molecule has 0 unspecified atom stereocenters. The number of thiophene rings is 1. The van der Waals surface area contributed by atoms with Crippen LogP contribution in [0.1, 0.15) is 16.3 Å². The van der Waals surface area contributed by atoms with Gasteiger partial charge in [0.05, 0.1) is 16.9 Å². The Hall–Kier alpha value is -3.11. The molecule has 0 aliphatic carbocycles. The summed E-state index contributed by atoms with van der Waals surface area (Å²) < 4.78 is 1.39. The second-order valence-corrected chi connectivity index (χ2v) is 8.18. The van der Waals surface area contributed by atoms with E-state index in [1.54, 1.807) is 0 Å². The molecule has 0 atom stereocenters. The zero-order chi connectivity index (χ0) is 21.3. The van der Waals surface area contributed by atoms with Crippen LogP contribution in [0.3, 0.4) is 0 Å². The number of carbonyl (C=O) groups excluding carboxylic acids is 1. The first-order valence-electron chi connectivity index (χ1n) is 8.86. The van der Waals surface area contributed by atoms with Gasteiger partial charge in [0.25, 0.3) is 11.2 Å². The first kappa shape index (κ1) is 20.6. The fourth-order valence-corrected chi connectivity index (χ4v) is 3.99. The molecule has 1 amide bonds. The second kappa shape index (κ2) is 8.10. The molecule has 9 nitrogen and oxygen atoms in total. The minimum atomic E-state index is -0.509. The highest BCUT2D eigenvalue weighted by Crippen LogP contribution is 2.26. The van der Waals surface area contributed by atoms with Crippen LogP contribution in [-0.4, -0.2) is 39.4 Å². The molecule has 2 aromatic heterocycles. The number of rotatable bonds is 6. The first-order valence-corrected chi connectivity index (χ1v) is 9.67. The summed E-state index contributed by atoms with van der Waals surface area (Å²) in [6.07, 6.45) is 0. The monoisotopic (exact) mass is 415 g/mol. The van der Waals surface area contributed by atoms with Crippen LogP contribution in [0, 0.1) is 24.0 Å². The van der Waals surface area contributed by atoms with E-state index in [0.29, 0.717) is 28.3 Å². The minimum Gasteiger partial charge on any atom is -0.325 e. The fraction of sp³-hybridized carbons (Fsp3) is 0.316. The summed E-state index contributed by atoms with van der Waals surface area (Å²) >= 11 is 1.47. The molecule has 0 fully saturated rings. The SMILES string of the molecule is Cc1sc2nc(CN(C)C)n(CC(=O)Nc3ccc([N+](=O)[O-])cc3)c(=O)c2c1C. The van der Waals surface area contributed by atoms with Gasteiger partial charge in [-0.15, -0.1) is 11.3 Å². The van der Waals surface area contributed by atoms with Crippen molar-refractivity contribution < 1.29 is 9.72 Å². The predicted octanol–water partition coefficient (Wildman–Crippen LogP) is 2.68. The highest BCUT2D eigenvalue weighted by Gasteiger charge is 2.19. The number of benzene rings is 1. The van der Waals surface area contributed by atoms with E-state index < -0.39 is 10.8 Å². The zero-order valence-electron chi connectivity index (χ0n) is 16.6. The summed E-state index contributed by atoms with van der Waals surface area (Å²) in [6.45, 7) is 4.03. The van der Waals surface area contributed by atoms with Gasteiger partial charge in [0, 0.05) is 22.7 Å². The molecule has 1 aromatic carbocycles. The lowest BCUT2D eigenvalue weighted by molar-refractivity contribution is -0.384. The average molecular weight is 415 g/mol. The van der Waals surface area contributed by atoms with Crippen LogP contribution >= 0.6 is 11.3 Å². The standard InChI is InChI=1S/C19H21N5O4S/c1-11-12(2)29-18-17(11)19(26)23(15(21-18)9-22(3)4)10-16(25)20-13-5-7-14(8-6-13)24(27)28/h5-8H,9-10H2,1-4H3,(H,20,25). The number of nitrogens with one attached hydrogen (secondary N) is 1. The third kappa shape index (κ3) is 4.33. The molecule has 0 spiro atoms. The molecule has 152 valence electrons. The highest BCUT2D eigenvalue weighted by molar-refractivity contribution is 7.18. The number of carbonyl (C=O) groups is 1. The lowest BCUT2D eigenvalue weighted by atomic mass is 10.2. The smallest absolute Gasteiger partial charge is 0.269 e. The van der Waals surface area contributed by atoms with Gasteiger partial charge in [0.15, 0.2) is 0 Å². The highest BCUT2D eigenvalue weighted by atomic mass is 32.1. The van der Waals surface area contributed by atoms with Crippen molar-refractivity contribution in [1.29, 1.82) is 0 Å². The fourth-order valence-electron chi connectivity index (χ4n) is 2.95. The molecule has 3 rings (SSSR count). The van der Waals surface area contributed by atoms with E-state index in [-0.39, 0.29) is 17.8 Å². The molecule has 0 aliphatic heterocycles. The molecule has 1 N–H and O–H groups in total.